The summed E-state index contributed by atoms with van der Waals surface area (Å²) in [6.45, 7) is 3.74. The Kier molecular flexibility index (Phi) is 7.90. The lowest BCUT2D eigenvalue weighted by Crippen LogP contribution is -2.39. The molecule has 3 aromatic carbocycles. The second-order valence-corrected chi connectivity index (χ2v) is 10.7. The topological polar surface area (TPSA) is 69.9 Å². The molecule has 6 nitrogen and oxygen atoms in total. The Bertz CT molecular complexity index is 1760. The van der Waals surface area contributed by atoms with E-state index in [2.05, 4.69) is 20.9 Å². The van der Waals surface area contributed by atoms with Crippen molar-refractivity contribution < 1.29 is 18.7 Å². The van der Waals surface area contributed by atoms with Gasteiger partial charge in [-0.05, 0) is 49.8 Å². The number of hydrogen-bond acceptors (Lipinski definition) is 6. The minimum Gasteiger partial charge on any atom is -0.488 e. The molecule has 1 aliphatic rings. The summed E-state index contributed by atoms with van der Waals surface area (Å²) in [6, 6.07) is 20.5. The first kappa shape index (κ1) is 26.8. The van der Waals surface area contributed by atoms with Crippen LogP contribution in [-0.2, 0) is 16.1 Å². The maximum Gasteiger partial charge on any atom is 0.338 e. The lowest BCUT2D eigenvalue weighted by atomic mass is 9.96. The maximum atomic E-state index is 14.1. The first-order chi connectivity index (χ1) is 18.9. The van der Waals surface area contributed by atoms with Gasteiger partial charge < -0.3 is 9.47 Å². The minimum absolute atomic E-state index is 0.0342. The number of fused-ring (bicyclic) bond motifs is 1. The molecule has 1 aromatic heterocycles. The fourth-order valence-electron chi connectivity index (χ4n) is 4.42. The van der Waals surface area contributed by atoms with Crippen LogP contribution in [0, 0.1) is 5.82 Å². The van der Waals surface area contributed by atoms with E-state index in [1.54, 1.807) is 48.8 Å². The van der Waals surface area contributed by atoms with Crippen molar-refractivity contribution in [1.82, 2.24) is 4.57 Å². The van der Waals surface area contributed by atoms with Gasteiger partial charge in [-0.2, -0.15) is 0 Å². The number of rotatable bonds is 7. The van der Waals surface area contributed by atoms with Crippen LogP contribution < -0.4 is 19.6 Å². The molecule has 0 saturated carbocycles. The molecule has 5 rings (SSSR count). The molecular formula is C30H24BrFN2O4S. The summed E-state index contributed by atoms with van der Waals surface area (Å²) in [6.07, 6.45) is 1.73. The van der Waals surface area contributed by atoms with Gasteiger partial charge in [-0.3, -0.25) is 9.36 Å². The predicted octanol–water partition coefficient (Wildman–Crippen LogP) is 5.28. The summed E-state index contributed by atoms with van der Waals surface area (Å²) in [4.78, 5) is 32.0. The van der Waals surface area contributed by atoms with Gasteiger partial charge in [0, 0.05) is 15.6 Å². The van der Waals surface area contributed by atoms with Gasteiger partial charge in [-0.1, -0.05) is 75.8 Å². The maximum absolute atomic E-state index is 14.1. The van der Waals surface area contributed by atoms with Crippen LogP contribution in [-0.4, -0.2) is 17.1 Å². The Labute approximate surface area is 236 Å². The van der Waals surface area contributed by atoms with E-state index in [1.807, 2.05) is 42.5 Å². The van der Waals surface area contributed by atoms with Crippen molar-refractivity contribution in [2.75, 3.05) is 6.61 Å². The molecule has 0 saturated heterocycles. The zero-order chi connectivity index (χ0) is 27.5. The van der Waals surface area contributed by atoms with Crippen LogP contribution in [0.2, 0.25) is 0 Å². The number of esters is 1. The zero-order valence-corrected chi connectivity index (χ0v) is 23.6. The fourth-order valence-corrected chi connectivity index (χ4v) is 5.83. The smallest absolute Gasteiger partial charge is 0.338 e. The van der Waals surface area contributed by atoms with Gasteiger partial charge in [-0.25, -0.2) is 14.2 Å². The number of halogens is 2. The van der Waals surface area contributed by atoms with E-state index in [0.717, 1.165) is 10.0 Å². The molecular weight excluding hydrogens is 583 g/mol. The highest BCUT2D eigenvalue weighted by molar-refractivity contribution is 9.10. The van der Waals surface area contributed by atoms with Crippen LogP contribution in [0.1, 0.15) is 36.6 Å². The van der Waals surface area contributed by atoms with Crippen molar-refractivity contribution >= 4 is 39.3 Å². The Morgan fingerprint density at radius 2 is 1.87 bits per heavy atom. The molecule has 2 heterocycles. The number of thiazole rings is 1. The van der Waals surface area contributed by atoms with Crippen LogP contribution >= 0.6 is 27.3 Å². The second-order valence-electron chi connectivity index (χ2n) is 8.78. The summed E-state index contributed by atoms with van der Waals surface area (Å²) in [5.74, 6) is -0.355. The summed E-state index contributed by atoms with van der Waals surface area (Å²) in [5.41, 5.74) is 2.39. The lowest BCUT2D eigenvalue weighted by molar-refractivity contribution is -0.139. The average Bonchev–Trinajstić information content (AvgIpc) is 3.23. The zero-order valence-electron chi connectivity index (χ0n) is 21.2. The fraction of sp³-hybridized carbons (Fsp3) is 0.167. The molecule has 1 aliphatic heterocycles. The van der Waals surface area contributed by atoms with Gasteiger partial charge in [0.1, 0.15) is 18.2 Å². The third kappa shape index (κ3) is 5.51. The SMILES string of the molecule is CCOC(=O)C1=C(C)N=c2s/c(=C/c3cc(Br)ccc3OCc3ccccc3F)c(=O)n2[C@H]1c1ccccc1. The third-order valence-electron chi connectivity index (χ3n) is 6.23. The molecule has 0 fully saturated rings. The van der Waals surface area contributed by atoms with Crippen LogP contribution in [0.5, 0.6) is 5.75 Å². The number of carbonyl (C=O) groups excluding carboxylic acids is 1. The van der Waals surface area contributed by atoms with Gasteiger partial charge in [0.15, 0.2) is 4.80 Å². The van der Waals surface area contributed by atoms with Crippen molar-refractivity contribution in [2.24, 2.45) is 4.99 Å². The van der Waals surface area contributed by atoms with E-state index in [-0.39, 0.29) is 24.6 Å². The largest absolute Gasteiger partial charge is 0.488 e. The summed E-state index contributed by atoms with van der Waals surface area (Å²) < 4.78 is 28.2. The number of benzene rings is 3. The Balaban J connectivity index is 1.62. The standard InChI is InChI=1S/C30H24BrFN2O4S/c1-3-37-29(36)26-18(2)33-30-34(27(26)19-9-5-4-6-10-19)28(35)25(39-30)16-21-15-22(31)13-14-24(21)38-17-20-11-7-8-12-23(20)32/h4-16,27H,3,17H2,1-2H3/b25-16+/t27-/m0/s1. The molecule has 0 N–H and O–H groups in total. The Morgan fingerprint density at radius 1 is 1.13 bits per heavy atom. The van der Waals surface area contributed by atoms with Gasteiger partial charge in [-0.15, -0.1) is 0 Å². The summed E-state index contributed by atoms with van der Waals surface area (Å²) >= 11 is 4.72. The average molecular weight is 608 g/mol. The number of carbonyl (C=O) groups is 1. The van der Waals surface area contributed by atoms with E-state index in [1.165, 1.54) is 17.4 Å². The van der Waals surface area contributed by atoms with Crippen molar-refractivity contribution in [1.29, 1.82) is 0 Å². The normalized spacial score (nSPS) is 15.1. The van der Waals surface area contributed by atoms with E-state index in [4.69, 9.17) is 9.47 Å². The first-order valence-corrected chi connectivity index (χ1v) is 13.9. The number of aromatic nitrogens is 1. The summed E-state index contributed by atoms with van der Waals surface area (Å²) in [7, 11) is 0. The molecule has 0 bridgehead atoms. The van der Waals surface area contributed by atoms with Gasteiger partial charge in [0.25, 0.3) is 5.56 Å². The third-order valence-corrected chi connectivity index (χ3v) is 7.71. The number of ether oxygens (including phenoxy) is 2. The molecule has 0 spiro atoms. The molecule has 0 amide bonds. The van der Waals surface area contributed by atoms with Crippen molar-refractivity contribution in [3.05, 3.63) is 131 Å². The van der Waals surface area contributed by atoms with Crippen LogP contribution in [0.25, 0.3) is 6.08 Å². The van der Waals surface area contributed by atoms with Gasteiger partial charge >= 0.3 is 5.97 Å². The molecule has 39 heavy (non-hydrogen) atoms. The van der Waals surface area contributed by atoms with Crippen molar-refractivity contribution in [3.8, 4) is 5.75 Å². The van der Waals surface area contributed by atoms with Crippen LogP contribution in [0.15, 0.2) is 98.3 Å². The quantitative estimate of drug-likeness (QED) is 0.268. The molecule has 4 aromatic rings. The second kappa shape index (κ2) is 11.5. The number of nitrogens with zero attached hydrogens (tertiary/aromatic N) is 2. The highest BCUT2D eigenvalue weighted by Gasteiger charge is 2.33. The highest BCUT2D eigenvalue weighted by atomic mass is 79.9. The highest BCUT2D eigenvalue weighted by Crippen LogP contribution is 2.31. The van der Waals surface area contributed by atoms with E-state index >= 15 is 0 Å². The summed E-state index contributed by atoms with van der Waals surface area (Å²) in [5, 5.41) is 0. The Hall–Kier alpha value is -3.82. The van der Waals surface area contributed by atoms with E-state index in [0.29, 0.717) is 37.5 Å². The first-order valence-electron chi connectivity index (χ1n) is 12.3. The van der Waals surface area contributed by atoms with Crippen molar-refractivity contribution in [2.45, 2.75) is 26.5 Å². The van der Waals surface area contributed by atoms with E-state index in [9.17, 15) is 14.0 Å². The molecule has 1 atom stereocenters. The molecule has 0 aliphatic carbocycles. The molecule has 0 unspecified atom stereocenters. The van der Waals surface area contributed by atoms with Gasteiger partial charge in [0.05, 0.1) is 28.5 Å². The number of allylic oxidation sites excluding steroid dienone is 1. The molecule has 198 valence electrons. The number of hydrogen-bond donors (Lipinski definition) is 0. The van der Waals surface area contributed by atoms with Gasteiger partial charge in [0.2, 0.25) is 0 Å². The van der Waals surface area contributed by atoms with E-state index < -0.39 is 12.0 Å². The lowest BCUT2D eigenvalue weighted by Gasteiger charge is -2.24. The minimum atomic E-state index is -0.678. The molecule has 9 heteroatoms. The Morgan fingerprint density at radius 3 is 2.62 bits per heavy atom. The van der Waals surface area contributed by atoms with Crippen LogP contribution in [0.4, 0.5) is 4.39 Å². The van der Waals surface area contributed by atoms with Crippen molar-refractivity contribution in [3.63, 3.8) is 0 Å². The predicted molar refractivity (Wildman–Crippen MR) is 152 cm³/mol. The van der Waals surface area contributed by atoms with Crippen LogP contribution in [0.3, 0.4) is 0 Å². The molecule has 0 radical (unpaired) electrons. The monoisotopic (exact) mass is 606 g/mol.